The third kappa shape index (κ3) is 19.0. The van der Waals surface area contributed by atoms with Gasteiger partial charge in [0.05, 0.1) is 66.9 Å². The number of nitrogens with zero attached hydrogens (tertiary/aromatic N) is 6. The van der Waals surface area contributed by atoms with Gasteiger partial charge in [0, 0.05) is 119 Å². The Morgan fingerprint density at radius 2 is 0.471 bits per heavy atom. The second-order valence-corrected chi connectivity index (χ2v) is 35.9. The number of carbonyl (C=O) groups is 9. The van der Waals surface area contributed by atoms with E-state index in [9.17, 15) is 121 Å². The standard InChI is InChI=1S/C73H67N15O27S6/c1-83-28-43(19-58(83)71(95)80-46-22-61(86(4)31-46)68(92)77-40-10-7-37-13-49(116(98,99)100)25-64(52(37)16-40)119(107,108)109)74-55(34-89)67(56(35-90)75-44-20-59(84(2)29-44)72(96)81-47-23-62(87(5)32-47)69(93)78-41-11-8-38-14-50(117(101,102)103)26-65(53(38)17-41)120(110,111)112)57(36-91)76-45-21-60(85(3)30-45)73(97)82-48-24-63(88(6)33-48)70(94)79-42-12-9-39-15-51(118(104,105)106)27-66(54(39)18-42)121(113,114)115/h7-36,55-57,67,74-76H,1-6H3,(H,77,92)(H,78,93)(H,79,94)(H,80,95)(H,81,96)(H,82,97)(H,98,99,100)(H,101,102,103)(H,104,105,106)(H,107,108,109)(H,110,111,112)(H,113,114,115). The van der Waals surface area contributed by atoms with Crippen LogP contribution in [-0.4, -0.2) is 178 Å². The highest BCUT2D eigenvalue weighted by Gasteiger charge is 2.39. The van der Waals surface area contributed by atoms with Crippen molar-refractivity contribution in [2.75, 3.05) is 47.9 Å². The van der Waals surface area contributed by atoms with Gasteiger partial charge in [-0.3, -0.25) is 56.1 Å². The Labute approximate surface area is 685 Å². The molecular formula is C73H67N15O27S6. The lowest BCUT2D eigenvalue weighted by atomic mass is 9.85. The van der Waals surface area contributed by atoms with E-state index in [4.69, 9.17) is 0 Å². The van der Waals surface area contributed by atoms with E-state index in [1.165, 1.54) is 180 Å². The largest absolute Gasteiger partial charge is 0.374 e. The first-order chi connectivity index (χ1) is 56.5. The molecule has 6 amide bonds. The number of carbonyl (C=O) groups excluding carboxylic acids is 9. The third-order valence-corrected chi connectivity index (χ3v) is 24.2. The number of amides is 6. The van der Waals surface area contributed by atoms with Gasteiger partial charge in [0.25, 0.3) is 96.2 Å². The number of hydrogen-bond donors (Lipinski definition) is 15. The zero-order chi connectivity index (χ0) is 88.4. The normalized spacial score (nSPS) is 13.2. The highest BCUT2D eigenvalue weighted by Crippen LogP contribution is 2.36. The Hall–Kier alpha value is -13.5. The molecule has 0 spiro atoms. The van der Waals surface area contributed by atoms with Gasteiger partial charge in [0.2, 0.25) is 0 Å². The van der Waals surface area contributed by atoms with Crippen molar-refractivity contribution in [2.45, 2.75) is 47.5 Å². The van der Waals surface area contributed by atoms with Gasteiger partial charge >= 0.3 is 0 Å². The van der Waals surface area contributed by atoms with E-state index in [0.717, 1.165) is 36.4 Å². The molecule has 0 fully saturated rings. The monoisotopic (exact) mass is 1780 g/mol. The maximum Gasteiger partial charge on any atom is 0.295 e. The van der Waals surface area contributed by atoms with Crippen LogP contribution in [0.1, 0.15) is 62.9 Å². The van der Waals surface area contributed by atoms with Gasteiger partial charge in [0.15, 0.2) is 0 Å². The lowest BCUT2D eigenvalue weighted by Gasteiger charge is -2.34. The van der Waals surface area contributed by atoms with Crippen LogP contribution in [0.4, 0.5) is 51.2 Å². The molecule has 0 saturated carbocycles. The van der Waals surface area contributed by atoms with Crippen LogP contribution in [-0.2, 0) is 117 Å². The van der Waals surface area contributed by atoms with Crippen LogP contribution < -0.4 is 47.9 Å². The van der Waals surface area contributed by atoms with Gasteiger partial charge in [-0.05, 0) is 125 Å². The van der Waals surface area contributed by atoms with Crippen molar-refractivity contribution in [3.8, 4) is 0 Å². The average Bonchev–Trinajstić information content (AvgIpc) is 1.68. The van der Waals surface area contributed by atoms with Crippen LogP contribution in [0.25, 0.3) is 32.3 Å². The summed E-state index contributed by atoms with van der Waals surface area (Å²) in [6.07, 6.45) is 9.30. The lowest BCUT2D eigenvalue weighted by molar-refractivity contribution is -0.113. The Balaban J connectivity index is 0.783. The van der Waals surface area contributed by atoms with E-state index >= 15 is 0 Å². The van der Waals surface area contributed by atoms with Crippen molar-refractivity contribution in [1.29, 1.82) is 0 Å². The van der Waals surface area contributed by atoms with Crippen LogP contribution in [0, 0.1) is 5.92 Å². The minimum absolute atomic E-state index is 0.0367. The molecule has 3 atom stereocenters. The Bertz CT molecular complexity index is 6500. The highest BCUT2D eigenvalue weighted by molar-refractivity contribution is 7.87. The van der Waals surface area contributed by atoms with Crippen LogP contribution in [0.15, 0.2) is 194 Å². The summed E-state index contributed by atoms with van der Waals surface area (Å²) < 4.78 is 212. The van der Waals surface area contributed by atoms with Crippen molar-refractivity contribution >= 4 is 199 Å². The summed E-state index contributed by atoms with van der Waals surface area (Å²) in [5.41, 5.74) is -0.288. The molecule has 15 N–H and O–H groups in total. The van der Waals surface area contributed by atoms with E-state index in [-0.39, 0.29) is 118 Å². The van der Waals surface area contributed by atoms with E-state index in [1.807, 2.05) is 0 Å². The minimum atomic E-state index is -5.10. The van der Waals surface area contributed by atoms with E-state index in [1.54, 1.807) is 0 Å². The average molecular weight is 1780 g/mol. The fourth-order valence-corrected chi connectivity index (χ4v) is 17.5. The summed E-state index contributed by atoms with van der Waals surface area (Å²) in [4.78, 5) is 120. The second-order valence-electron chi connectivity index (χ2n) is 27.5. The number of nitrogens with one attached hydrogen (secondary N) is 9. The Kier molecular flexibility index (Phi) is 23.4. The van der Waals surface area contributed by atoms with E-state index in [0.29, 0.717) is 37.1 Å². The molecule has 0 aliphatic carbocycles. The van der Waals surface area contributed by atoms with Gasteiger partial charge in [-0.1, -0.05) is 18.2 Å². The molecule has 12 rings (SSSR count). The van der Waals surface area contributed by atoms with Crippen LogP contribution in [0.2, 0.25) is 0 Å². The summed E-state index contributed by atoms with van der Waals surface area (Å²) in [6.45, 7) is 0. The third-order valence-electron chi connectivity index (χ3n) is 19.1. The Morgan fingerprint density at radius 1 is 0.273 bits per heavy atom. The first kappa shape index (κ1) is 86.8. The number of fused-ring (bicyclic) bond motifs is 3. The summed E-state index contributed by atoms with van der Waals surface area (Å²) in [5, 5.41) is 23.8. The number of benzene rings is 6. The number of aryl methyl sites for hydroxylation is 6. The SMILES string of the molecule is Cn1cc(NC(=O)c2cc(NC(C=O)C(C(C=O)Nc3cc(C(=O)Nc4cc(C(=O)Nc5ccc6cc(S(=O)(=O)O)cc(S(=O)(=O)O)c6c5)n(C)c4)n(C)c3)C(C=O)Nc3cc(C(=O)Nc4cc(C(=O)Nc5ccc6cc(S(=O)(=O)O)cc(S(=O)(=O)O)c6c5)n(C)c4)n(C)c3)cn2C)cc1C(=O)Nc1ccc2cc(S(=O)(=O)O)cc(S(=O)(=O)O)c2c1. The van der Waals surface area contributed by atoms with Gasteiger partial charge in [-0.2, -0.15) is 50.5 Å². The van der Waals surface area contributed by atoms with Crippen LogP contribution in [0.5, 0.6) is 0 Å². The molecule has 0 radical (unpaired) electrons. The smallest absolute Gasteiger partial charge is 0.295 e. The molecule has 6 aromatic carbocycles. The van der Waals surface area contributed by atoms with Crippen molar-refractivity contribution in [3.05, 3.63) is 199 Å². The molecule has 3 unspecified atom stereocenters. The summed E-state index contributed by atoms with van der Waals surface area (Å²) >= 11 is 0. The molecule has 0 aliphatic rings. The van der Waals surface area contributed by atoms with Crippen molar-refractivity contribution in [2.24, 2.45) is 48.2 Å². The fraction of sp³-hybridized carbons (Fsp3) is 0.137. The van der Waals surface area contributed by atoms with E-state index < -0.39 is 150 Å². The number of rotatable bonds is 30. The second kappa shape index (κ2) is 32.6. The summed E-state index contributed by atoms with van der Waals surface area (Å²) in [5.74, 6) is -6.34. The molecule has 48 heteroatoms. The van der Waals surface area contributed by atoms with Gasteiger partial charge in [-0.15, -0.1) is 0 Å². The number of aldehydes is 3. The summed E-state index contributed by atoms with van der Waals surface area (Å²) in [7, 11) is -21.4. The molecule has 0 aliphatic heterocycles. The zero-order valence-corrected chi connectivity index (χ0v) is 67.9. The number of aromatic nitrogens is 6. The highest BCUT2D eigenvalue weighted by atomic mass is 32.2. The maximum atomic E-state index is 14.2. The maximum absolute atomic E-state index is 14.2. The van der Waals surface area contributed by atoms with E-state index in [2.05, 4.69) is 47.9 Å². The molecule has 0 saturated heterocycles. The van der Waals surface area contributed by atoms with Gasteiger partial charge in [-0.25, -0.2) is 0 Å². The predicted octanol–water partition coefficient (Wildman–Crippen LogP) is 6.13. The van der Waals surface area contributed by atoms with Crippen molar-refractivity contribution < 1.29 is 121 Å². The predicted molar refractivity (Wildman–Crippen MR) is 435 cm³/mol. The lowest BCUT2D eigenvalue weighted by Crippen LogP contribution is -2.52. The zero-order valence-electron chi connectivity index (χ0n) is 63.0. The topological polar surface area (TPSA) is 618 Å². The molecule has 632 valence electrons. The minimum Gasteiger partial charge on any atom is -0.374 e. The quantitative estimate of drug-likeness (QED) is 0.0178. The summed E-state index contributed by atoms with van der Waals surface area (Å²) in [6, 6.07) is 18.2. The van der Waals surface area contributed by atoms with Crippen LogP contribution in [0.3, 0.4) is 0 Å². The molecule has 121 heavy (non-hydrogen) atoms. The molecule has 12 aromatic rings. The van der Waals surface area contributed by atoms with Crippen molar-refractivity contribution in [3.63, 3.8) is 0 Å². The first-order valence-electron chi connectivity index (χ1n) is 34.6. The molecule has 6 aromatic heterocycles. The fourth-order valence-electron chi connectivity index (χ4n) is 13.5. The van der Waals surface area contributed by atoms with Crippen LogP contribution >= 0.6 is 0 Å². The molecule has 42 nitrogen and oxygen atoms in total. The van der Waals surface area contributed by atoms with Crippen molar-refractivity contribution in [1.82, 2.24) is 27.4 Å². The molecule has 0 bridgehead atoms. The first-order valence-corrected chi connectivity index (χ1v) is 43.2. The number of hydrogen-bond acceptors (Lipinski definition) is 24. The van der Waals surface area contributed by atoms with Gasteiger partial charge < -0.3 is 89.6 Å². The Morgan fingerprint density at radius 3 is 0.669 bits per heavy atom. The van der Waals surface area contributed by atoms with Gasteiger partial charge in [0.1, 0.15) is 67.7 Å². The molecule has 6 heterocycles. The molecular weight excluding hydrogens is 1710 g/mol. The number of anilines is 9.